The van der Waals surface area contributed by atoms with E-state index in [0.717, 1.165) is 17.4 Å². The number of fused-ring (bicyclic) bond motifs is 1. The highest BCUT2D eigenvalue weighted by Gasteiger charge is 2.38. The van der Waals surface area contributed by atoms with E-state index < -0.39 is 29.9 Å². The van der Waals surface area contributed by atoms with E-state index in [9.17, 15) is 31.4 Å². The summed E-state index contributed by atoms with van der Waals surface area (Å²) < 4.78 is 81.4. The van der Waals surface area contributed by atoms with Crippen LogP contribution in [0.3, 0.4) is 0 Å². The van der Waals surface area contributed by atoms with E-state index in [-0.39, 0.29) is 28.0 Å². The number of anilines is 1. The quantitative estimate of drug-likeness (QED) is 0.442. The molecule has 0 saturated heterocycles. The van der Waals surface area contributed by atoms with Crippen LogP contribution in [0.2, 0.25) is 0 Å². The molecule has 2 heterocycles. The lowest BCUT2D eigenvalue weighted by molar-refractivity contribution is -0.143. The second-order valence-corrected chi connectivity index (χ2v) is 9.99. The molecule has 1 N–H and O–H groups in total. The molecule has 0 radical (unpaired) electrons. The van der Waals surface area contributed by atoms with E-state index in [2.05, 4.69) is 15.2 Å². The van der Waals surface area contributed by atoms with Crippen LogP contribution >= 0.6 is 11.3 Å². The molecule has 0 bridgehead atoms. The van der Waals surface area contributed by atoms with Crippen LogP contribution in [0.1, 0.15) is 27.1 Å². The Labute approximate surface area is 217 Å². The number of likely N-dealkylation sites (N-methyl/N-ethyl adjacent to an activating group) is 2. The zero-order chi connectivity index (χ0) is 27.8. The summed E-state index contributed by atoms with van der Waals surface area (Å²) >= 11 is 1.09. The topological polar surface area (TPSA) is 64.3 Å². The molecule has 0 unspecified atom stereocenters. The standard InChI is InChI=1S/C25H23F6N5OS/c1-35(2)8-9-36(3)23-33-22(37)21(38-23)18(14-5-7-20-16(10-14)13-32-34-20)11-15-4-6-17(24(26,27)28)12-19(15)25(29,30)31/h4-7,10,12-13,37H,8-9,11H2,1-3H3. The van der Waals surface area contributed by atoms with Crippen LogP contribution in [0.4, 0.5) is 31.5 Å². The fraction of sp³-hybridized carbons (Fsp3) is 0.320. The number of hydrogen-bond donors (Lipinski definition) is 1. The summed E-state index contributed by atoms with van der Waals surface area (Å²) in [4.78, 5) is 8.20. The predicted octanol–water partition coefficient (Wildman–Crippen LogP) is 4.29. The normalized spacial score (nSPS) is 14.1. The molecular formula is C25H23F6N5OS. The van der Waals surface area contributed by atoms with Crippen molar-refractivity contribution in [3.8, 4) is 5.88 Å². The lowest BCUT2D eigenvalue weighted by Gasteiger charge is -2.18. The highest BCUT2D eigenvalue weighted by Crippen LogP contribution is 2.40. The fourth-order valence-electron chi connectivity index (χ4n) is 3.87. The van der Waals surface area contributed by atoms with Crippen molar-refractivity contribution >= 4 is 28.3 Å². The van der Waals surface area contributed by atoms with Gasteiger partial charge in [-0.15, -0.1) is 0 Å². The minimum atomic E-state index is -5.03. The smallest absolute Gasteiger partial charge is 0.416 e. The molecule has 1 aliphatic heterocycles. The second kappa shape index (κ2) is 10.4. The Morgan fingerprint density at radius 2 is 1.68 bits per heavy atom. The summed E-state index contributed by atoms with van der Waals surface area (Å²) in [7, 11) is 5.57. The van der Waals surface area contributed by atoms with E-state index in [1.54, 1.807) is 30.1 Å². The van der Waals surface area contributed by atoms with Crippen molar-refractivity contribution in [1.29, 1.82) is 0 Å². The van der Waals surface area contributed by atoms with E-state index in [0.29, 0.717) is 40.4 Å². The van der Waals surface area contributed by atoms with Gasteiger partial charge in [0.15, 0.2) is 5.13 Å². The molecule has 3 aromatic rings. The molecule has 6 nitrogen and oxygen atoms in total. The van der Waals surface area contributed by atoms with Crippen molar-refractivity contribution in [2.75, 3.05) is 39.1 Å². The Kier molecular flexibility index (Phi) is 7.53. The second-order valence-electron chi connectivity index (χ2n) is 9.01. The van der Waals surface area contributed by atoms with Crippen LogP contribution in [-0.4, -0.2) is 55.4 Å². The molecule has 0 fully saturated rings. The first-order chi connectivity index (χ1) is 17.7. The average molecular weight is 556 g/mol. The SMILES string of the molecule is CN(C)CCN(C)c1nc(O)c(C(Cc2ccc(C(F)(F)F)cc2C(F)(F)F)=c2ccc3c(c2)C=NN=3)s1. The Hall–Kier alpha value is -3.45. The van der Waals surface area contributed by atoms with Gasteiger partial charge in [-0.25, -0.2) is 0 Å². The van der Waals surface area contributed by atoms with Crippen LogP contribution in [0, 0.1) is 0 Å². The minimum absolute atomic E-state index is 0.119. The van der Waals surface area contributed by atoms with Gasteiger partial charge in [-0.1, -0.05) is 23.5 Å². The molecule has 1 aromatic heterocycles. The van der Waals surface area contributed by atoms with Crippen molar-refractivity contribution in [3.63, 3.8) is 0 Å². The van der Waals surface area contributed by atoms with E-state index >= 15 is 0 Å². The molecule has 4 rings (SSSR count). The maximum absolute atomic E-state index is 13.9. The van der Waals surface area contributed by atoms with Gasteiger partial charge in [0.2, 0.25) is 5.88 Å². The van der Waals surface area contributed by atoms with Gasteiger partial charge in [0, 0.05) is 32.1 Å². The fourth-order valence-corrected chi connectivity index (χ4v) is 4.88. The number of halogens is 6. The summed E-state index contributed by atoms with van der Waals surface area (Å²) in [5.41, 5.74) is -2.25. The maximum Gasteiger partial charge on any atom is 0.416 e. The summed E-state index contributed by atoms with van der Waals surface area (Å²) in [6.45, 7) is 1.26. The molecule has 38 heavy (non-hydrogen) atoms. The van der Waals surface area contributed by atoms with Crippen molar-refractivity contribution in [2.24, 2.45) is 10.2 Å². The van der Waals surface area contributed by atoms with E-state index in [1.807, 2.05) is 19.0 Å². The molecule has 0 atom stereocenters. The molecule has 13 heteroatoms. The zero-order valence-corrected chi connectivity index (χ0v) is 21.3. The van der Waals surface area contributed by atoms with Gasteiger partial charge >= 0.3 is 12.4 Å². The Bertz CT molecular complexity index is 1490. The number of alkyl halides is 6. The van der Waals surface area contributed by atoms with Gasteiger partial charge in [-0.05, 0) is 54.7 Å². The Balaban J connectivity index is 1.88. The van der Waals surface area contributed by atoms with Crippen molar-refractivity contribution < 1.29 is 31.4 Å². The first-order valence-corrected chi connectivity index (χ1v) is 12.1. The Morgan fingerprint density at radius 1 is 0.947 bits per heavy atom. The highest BCUT2D eigenvalue weighted by atomic mass is 32.1. The monoisotopic (exact) mass is 555 g/mol. The third-order valence-corrected chi connectivity index (χ3v) is 7.15. The lowest BCUT2D eigenvalue weighted by atomic mass is 9.94. The van der Waals surface area contributed by atoms with E-state index in [1.165, 1.54) is 6.21 Å². The lowest BCUT2D eigenvalue weighted by Crippen LogP contribution is -2.28. The van der Waals surface area contributed by atoms with Crippen LogP contribution < -0.4 is 15.5 Å². The highest BCUT2D eigenvalue weighted by molar-refractivity contribution is 7.17. The van der Waals surface area contributed by atoms with Crippen LogP contribution in [-0.2, 0) is 18.8 Å². The first kappa shape index (κ1) is 27.6. The zero-order valence-electron chi connectivity index (χ0n) is 20.5. The van der Waals surface area contributed by atoms with Gasteiger partial charge in [-0.2, -0.15) is 41.5 Å². The number of benzene rings is 2. The van der Waals surface area contributed by atoms with Crippen molar-refractivity contribution in [3.05, 3.63) is 74.1 Å². The van der Waals surface area contributed by atoms with Crippen molar-refractivity contribution in [2.45, 2.75) is 18.8 Å². The van der Waals surface area contributed by atoms with Crippen molar-refractivity contribution in [1.82, 2.24) is 9.88 Å². The summed E-state index contributed by atoms with van der Waals surface area (Å²) in [6.07, 6.45) is -8.88. The summed E-state index contributed by atoms with van der Waals surface area (Å²) in [5.74, 6) is -0.379. The van der Waals surface area contributed by atoms with Crippen LogP contribution in [0.15, 0.2) is 46.6 Å². The molecule has 0 saturated carbocycles. The third kappa shape index (κ3) is 5.99. The average Bonchev–Trinajstić information content (AvgIpc) is 3.45. The largest absolute Gasteiger partial charge is 0.492 e. The van der Waals surface area contributed by atoms with E-state index in [4.69, 9.17) is 0 Å². The number of thiazole rings is 1. The molecule has 1 aliphatic rings. The molecule has 0 spiro atoms. The number of rotatable bonds is 7. The summed E-state index contributed by atoms with van der Waals surface area (Å²) in [5, 5.41) is 20.0. The van der Waals surface area contributed by atoms with Gasteiger partial charge in [0.25, 0.3) is 0 Å². The predicted molar refractivity (Wildman–Crippen MR) is 133 cm³/mol. The number of nitrogens with zero attached hydrogens (tertiary/aromatic N) is 5. The molecular weight excluding hydrogens is 532 g/mol. The van der Waals surface area contributed by atoms with Gasteiger partial charge in [0.1, 0.15) is 0 Å². The number of aromatic hydroxyl groups is 1. The molecule has 0 amide bonds. The molecule has 2 aromatic carbocycles. The minimum Gasteiger partial charge on any atom is -0.492 e. The number of aromatic nitrogens is 1. The van der Waals surface area contributed by atoms with Crippen LogP contribution in [0.25, 0.3) is 5.57 Å². The van der Waals surface area contributed by atoms with Gasteiger partial charge in [0.05, 0.1) is 27.6 Å². The maximum atomic E-state index is 13.9. The van der Waals surface area contributed by atoms with Crippen LogP contribution in [0.5, 0.6) is 5.88 Å². The summed E-state index contributed by atoms with van der Waals surface area (Å²) in [6, 6.07) is 6.50. The Morgan fingerprint density at radius 3 is 2.34 bits per heavy atom. The third-order valence-electron chi connectivity index (χ3n) is 5.93. The molecule has 0 aliphatic carbocycles. The van der Waals surface area contributed by atoms with Gasteiger partial charge in [-0.3, -0.25) is 0 Å². The number of hydrogen-bond acceptors (Lipinski definition) is 7. The first-order valence-electron chi connectivity index (χ1n) is 11.3. The van der Waals surface area contributed by atoms with Gasteiger partial charge < -0.3 is 14.9 Å². The molecule has 202 valence electrons.